The van der Waals surface area contributed by atoms with Crippen molar-refractivity contribution in [2.24, 2.45) is 0 Å². The van der Waals surface area contributed by atoms with Crippen molar-refractivity contribution >= 4 is 11.7 Å². The average molecular weight is 560 g/mol. The van der Waals surface area contributed by atoms with Crippen LogP contribution in [-0.4, -0.2) is 23.7 Å². The summed E-state index contributed by atoms with van der Waals surface area (Å²) in [5, 5.41) is 12.5. The van der Waals surface area contributed by atoms with Gasteiger partial charge >= 0.3 is 12.1 Å². The number of aromatic nitrogens is 1. The Morgan fingerprint density at radius 1 is 0.976 bits per heavy atom. The van der Waals surface area contributed by atoms with Crippen molar-refractivity contribution in [1.29, 1.82) is 5.26 Å². The molecule has 4 rings (SSSR count). The number of hydrogen-bond acceptors (Lipinski definition) is 5. The number of carbonyl (C=O) groups is 1. The van der Waals surface area contributed by atoms with Crippen molar-refractivity contribution in [2.45, 2.75) is 33.5 Å². The molecule has 210 valence electrons. The molecular formula is C32H28F3N3O3. The number of hydrogen-bond donors (Lipinski definition) is 1. The van der Waals surface area contributed by atoms with Crippen LogP contribution < -0.4 is 10.9 Å². The molecule has 0 unspecified atom stereocenters. The number of ether oxygens (including phenoxy) is 1. The molecule has 0 bridgehead atoms. The van der Waals surface area contributed by atoms with Crippen LogP contribution >= 0.6 is 0 Å². The highest BCUT2D eigenvalue weighted by Crippen LogP contribution is 2.35. The van der Waals surface area contributed by atoms with Gasteiger partial charge in [0.05, 0.1) is 24.4 Å². The normalized spacial score (nSPS) is 11.1. The van der Waals surface area contributed by atoms with Crippen LogP contribution in [0.3, 0.4) is 0 Å². The molecule has 0 spiro atoms. The summed E-state index contributed by atoms with van der Waals surface area (Å²) >= 11 is 0. The Hall–Kier alpha value is -4.84. The zero-order valence-corrected chi connectivity index (χ0v) is 22.8. The van der Waals surface area contributed by atoms with E-state index in [9.17, 15) is 28.0 Å². The van der Waals surface area contributed by atoms with E-state index >= 15 is 0 Å². The number of alkyl halides is 3. The molecule has 4 aromatic rings. The van der Waals surface area contributed by atoms with Crippen LogP contribution in [0.1, 0.15) is 34.7 Å². The lowest BCUT2D eigenvalue weighted by Crippen LogP contribution is -2.29. The van der Waals surface area contributed by atoms with Gasteiger partial charge in [0.2, 0.25) is 0 Å². The van der Waals surface area contributed by atoms with Gasteiger partial charge in [-0.3, -0.25) is 9.59 Å². The molecule has 1 N–H and O–H groups in total. The van der Waals surface area contributed by atoms with E-state index in [2.05, 4.69) is 5.32 Å². The summed E-state index contributed by atoms with van der Waals surface area (Å²) in [7, 11) is 0. The second kappa shape index (κ2) is 12.1. The van der Waals surface area contributed by atoms with Gasteiger partial charge in [-0.2, -0.15) is 18.4 Å². The summed E-state index contributed by atoms with van der Waals surface area (Å²) in [5.74, 6) is -0.400. The predicted octanol–water partition coefficient (Wildman–Crippen LogP) is 6.71. The third-order valence-electron chi connectivity index (χ3n) is 6.64. The van der Waals surface area contributed by atoms with E-state index in [0.29, 0.717) is 16.8 Å². The minimum absolute atomic E-state index is 0.00934. The molecule has 1 aromatic heterocycles. The third kappa shape index (κ3) is 6.67. The smallest absolute Gasteiger partial charge is 0.417 e. The van der Waals surface area contributed by atoms with Crippen molar-refractivity contribution in [2.75, 3.05) is 18.5 Å². The molecule has 0 amide bonds. The van der Waals surface area contributed by atoms with E-state index in [0.717, 1.165) is 28.3 Å². The lowest BCUT2D eigenvalue weighted by molar-refractivity contribution is -0.141. The number of pyridine rings is 1. The summed E-state index contributed by atoms with van der Waals surface area (Å²) in [5.41, 5.74) is 1.92. The highest BCUT2D eigenvalue weighted by Gasteiger charge is 2.36. The van der Waals surface area contributed by atoms with Gasteiger partial charge < -0.3 is 14.6 Å². The maximum atomic E-state index is 14.0. The second-order valence-electron chi connectivity index (χ2n) is 9.57. The number of nitriles is 1. The van der Waals surface area contributed by atoms with Gasteiger partial charge in [-0.25, -0.2) is 0 Å². The fraction of sp³-hybridized carbons (Fsp3) is 0.219. The Balaban J connectivity index is 1.83. The summed E-state index contributed by atoms with van der Waals surface area (Å²) in [6.45, 7) is 5.75. The summed E-state index contributed by atoms with van der Waals surface area (Å²) < 4.78 is 48.2. The minimum atomic E-state index is -4.89. The Morgan fingerprint density at radius 2 is 1.66 bits per heavy atom. The lowest BCUT2D eigenvalue weighted by Gasteiger charge is -2.19. The molecule has 0 atom stereocenters. The van der Waals surface area contributed by atoms with E-state index in [1.54, 1.807) is 49.4 Å². The van der Waals surface area contributed by atoms with E-state index in [1.165, 1.54) is 10.6 Å². The zero-order valence-electron chi connectivity index (χ0n) is 22.8. The number of nitrogens with one attached hydrogen (secondary N) is 1. The quantitative estimate of drug-likeness (QED) is 0.243. The van der Waals surface area contributed by atoms with Crippen LogP contribution in [-0.2, 0) is 22.3 Å². The van der Waals surface area contributed by atoms with Crippen LogP contribution in [0, 0.1) is 25.2 Å². The Bertz CT molecular complexity index is 1700. The molecule has 1 heterocycles. The molecular weight excluding hydrogens is 531 g/mol. The first kappa shape index (κ1) is 29.2. The maximum absolute atomic E-state index is 14.0. The summed E-state index contributed by atoms with van der Waals surface area (Å²) in [4.78, 5) is 25.1. The fourth-order valence-electron chi connectivity index (χ4n) is 4.62. The van der Waals surface area contributed by atoms with Crippen molar-refractivity contribution < 1.29 is 22.7 Å². The molecule has 0 fully saturated rings. The molecule has 41 heavy (non-hydrogen) atoms. The number of halogens is 3. The van der Waals surface area contributed by atoms with E-state index in [4.69, 9.17) is 4.74 Å². The number of rotatable bonds is 8. The molecule has 0 radical (unpaired) electrons. The first-order valence-electron chi connectivity index (χ1n) is 12.9. The Kier molecular flexibility index (Phi) is 8.62. The molecule has 9 heteroatoms. The van der Waals surface area contributed by atoms with Crippen molar-refractivity contribution in [3.63, 3.8) is 0 Å². The van der Waals surface area contributed by atoms with Gasteiger partial charge in [0, 0.05) is 5.69 Å². The summed E-state index contributed by atoms with van der Waals surface area (Å²) in [6.07, 6.45) is -4.89. The van der Waals surface area contributed by atoms with E-state index in [1.807, 2.05) is 38.1 Å². The molecule has 0 saturated heterocycles. The van der Waals surface area contributed by atoms with Gasteiger partial charge in [0.15, 0.2) is 0 Å². The monoisotopic (exact) mass is 559 g/mol. The highest BCUT2D eigenvalue weighted by molar-refractivity contribution is 5.77. The van der Waals surface area contributed by atoms with Crippen LogP contribution in [0.25, 0.3) is 22.4 Å². The summed E-state index contributed by atoms with van der Waals surface area (Å²) in [6, 6.07) is 22.0. The number of benzene rings is 3. The van der Waals surface area contributed by atoms with Gasteiger partial charge in [0.25, 0.3) is 5.56 Å². The van der Waals surface area contributed by atoms with Crippen molar-refractivity contribution in [1.82, 2.24) is 4.57 Å². The van der Waals surface area contributed by atoms with Crippen LogP contribution in [0.2, 0.25) is 0 Å². The molecule has 0 aliphatic carbocycles. The number of nitrogens with zero attached hydrogens (tertiary/aromatic N) is 2. The minimum Gasteiger partial charge on any atom is -0.465 e. The number of carbonyl (C=O) groups excluding carboxylic acids is 1. The molecule has 6 nitrogen and oxygen atoms in total. The van der Waals surface area contributed by atoms with Gasteiger partial charge in [0.1, 0.15) is 18.2 Å². The second-order valence-corrected chi connectivity index (χ2v) is 9.57. The zero-order chi connectivity index (χ0) is 29.7. The largest absolute Gasteiger partial charge is 0.465 e. The predicted molar refractivity (Wildman–Crippen MR) is 151 cm³/mol. The van der Waals surface area contributed by atoms with Gasteiger partial charge in [-0.1, -0.05) is 54.1 Å². The molecule has 0 aliphatic heterocycles. The van der Waals surface area contributed by atoms with Crippen LogP contribution in [0.15, 0.2) is 77.6 Å². The average Bonchev–Trinajstić information content (AvgIpc) is 2.94. The topological polar surface area (TPSA) is 84.1 Å². The first-order valence-corrected chi connectivity index (χ1v) is 12.9. The van der Waals surface area contributed by atoms with Crippen LogP contribution in [0.5, 0.6) is 0 Å². The number of esters is 1. The fourth-order valence-corrected chi connectivity index (χ4v) is 4.62. The van der Waals surface area contributed by atoms with E-state index < -0.39 is 28.8 Å². The standard InChI is InChI=1S/C32H28F3N3O3/c1-4-41-30(39)18-37-26-10-6-8-23(15-26)22-7-5-9-24(14-22)29-16-28(32(33,34)35)27(17-36)31(40)38(29)19-25-12-11-20(2)13-21(25)3/h5-16,37H,4,18-19H2,1-3H3. The highest BCUT2D eigenvalue weighted by atomic mass is 19.4. The van der Waals surface area contributed by atoms with Crippen molar-refractivity contribution in [3.8, 4) is 28.5 Å². The number of anilines is 1. The molecule has 0 aliphatic rings. The Labute approximate surface area is 235 Å². The van der Waals surface area contributed by atoms with Gasteiger partial charge in [-0.15, -0.1) is 0 Å². The number of aryl methyl sites for hydroxylation is 2. The Morgan fingerprint density at radius 3 is 2.32 bits per heavy atom. The SMILES string of the molecule is CCOC(=O)CNc1cccc(-c2cccc(-c3cc(C(F)(F)F)c(C#N)c(=O)n3Cc3ccc(C)cc3C)c2)c1. The first-order chi connectivity index (χ1) is 19.5. The lowest BCUT2D eigenvalue weighted by atomic mass is 9.98. The van der Waals surface area contributed by atoms with Gasteiger partial charge in [-0.05, 0) is 72.9 Å². The van der Waals surface area contributed by atoms with Crippen molar-refractivity contribution in [3.05, 3.63) is 111 Å². The third-order valence-corrected chi connectivity index (χ3v) is 6.64. The molecule has 3 aromatic carbocycles. The maximum Gasteiger partial charge on any atom is 0.417 e. The van der Waals surface area contributed by atoms with Crippen LogP contribution in [0.4, 0.5) is 18.9 Å². The van der Waals surface area contributed by atoms with E-state index in [-0.39, 0.29) is 25.4 Å². The molecule has 0 saturated carbocycles.